The highest BCUT2D eigenvalue weighted by Gasteiger charge is 2.22. The van der Waals surface area contributed by atoms with Crippen LogP contribution in [-0.4, -0.2) is 48.9 Å². The van der Waals surface area contributed by atoms with Gasteiger partial charge in [-0.3, -0.25) is 9.59 Å². The molecular weight excluding hydrogens is 266 g/mol. The van der Waals surface area contributed by atoms with Crippen molar-refractivity contribution in [3.05, 3.63) is 35.9 Å². The van der Waals surface area contributed by atoms with Crippen LogP contribution >= 0.6 is 0 Å². The van der Waals surface area contributed by atoms with Gasteiger partial charge in [-0.1, -0.05) is 30.3 Å². The number of rotatable bonds is 5. The van der Waals surface area contributed by atoms with Crippen LogP contribution in [0.4, 0.5) is 0 Å². The van der Waals surface area contributed by atoms with E-state index in [4.69, 9.17) is 0 Å². The molecule has 21 heavy (non-hydrogen) atoms. The standard InChI is InChI=1S/C16H23N3O2/c1-13-12-17-9-10-19(13)16(21)7-8-18-15(20)11-14-5-3-2-4-6-14/h2-6,13,17H,7-12H2,1H3,(H,18,20). The summed E-state index contributed by atoms with van der Waals surface area (Å²) in [6.07, 6.45) is 0.726. The molecule has 5 nitrogen and oxygen atoms in total. The Morgan fingerprint density at radius 1 is 1.33 bits per heavy atom. The van der Waals surface area contributed by atoms with Crippen molar-refractivity contribution in [2.24, 2.45) is 0 Å². The quantitative estimate of drug-likeness (QED) is 0.832. The van der Waals surface area contributed by atoms with Gasteiger partial charge in [-0.2, -0.15) is 0 Å². The first-order valence-corrected chi connectivity index (χ1v) is 7.47. The van der Waals surface area contributed by atoms with Crippen LogP contribution in [0.3, 0.4) is 0 Å². The molecule has 0 aromatic heterocycles. The molecule has 0 bridgehead atoms. The lowest BCUT2D eigenvalue weighted by molar-refractivity contribution is -0.133. The molecule has 1 heterocycles. The molecule has 1 fully saturated rings. The Kier molecular flexibility index (Phi) is 5.75. The molecule has 2 amide bonds. The number of hydrogen-bond acceptors (Lipinski definition) is 3. The molecule has 0 aliphatic carbocycles. The van der Waals surface area contributed by atoms with Gasteiger partial charge in [0.15, 0.2) is 0 Å². The van der Waals surface area contributed by atoms with Crippen LogP contribution < -0.4 is 10.6 Å². The minimum Gasteiger partial charge on any atom is -0.355 e. The predicted octanol–water partition coefficient (Wildman–Crippen LogP) is 0.556. The molecule has 1 aromatic carbocycles. The van der Waals surface area contributed by atoms with Crippen molar-refractivity contribution < 1.29 is 9.59 Å². The number of carbonyl (C=O) groups excluding carboxylic acids is 2. The summed E-state index contributed by atoms with van der Waals surface area (Å²) >= 11 is 0. The monoisotopic (exact) mass is 289 g/mol. The molecular formula is C16H23N3O2. The molecule has 2 rings (SSSR count). The zero-order valence-electron chi connectivity index (χ0n) is 12.5. The fraction of sp³-hybridized carbons (Fsp3) is 0.500. The Morgan fingerprint density at radius 3 is 2.81 bits per heavy atom. The summed E-state index contributed by atoms with van der Waals surface area (Å²) in [5.74, 6) is 0.0753. The average molecular weight is 289 g/mol. The molecule has 5 heteroatoms. The summed E-state index contributed by atoms with van der Waals surface area (Å²) in [5, 5.41) is 6.07. The van der Waals surface area contributed by atoms with Gasteiger partial charge in [0.05, 0.1) is 6.42 Å². The Hall–Kier alpha value is -1.88. The maximum Gasteiger partial charge on any atom is 0.224 e. The van der Waals surface area contributed by atoms with E-state index in [0.717, 1.165) is 25.2 Å². The van der Waals surface area contributed by atoms with Gasteiger partial charge in [0.1, 0.15) is 0 Å². The number of piperazine rings is 1. The van der Waals surface area contributed by atoms with E-state index in [1.165, 1.54) is 0 Å². The first-order chi connectivity index (χ1) is 10.2. The lowest BCUT2D eigenvalue weighted by Gasteiger charge is -2.34. The van der Waals surface area contributed by atoms with Crippen LogP contribution in [0.5, 0.6) is 0 Å². The zero-order valence-corrected chi connectivity index (χ0v) is 12.5. The van der Waals surface area contributed by atoms with Crippen molar-refractivity contribution in [3.8, 4) is 0 Å². The third kappa shape index (κ3) is 4.86. The summed E-state index contributed by atoms with van der Waals surface area (Å²) in [6.45, 7) is 4.87. The summed E-state index contributed by atoms with van der Waals surface area (Å²) in [5.41, 5.74) is 0.983. The molecule has 0 spiro atoms. The molecule has 2 N–H and O–H groups in total. The van der Waals surface area contributed by atoms with Gasteiger partial charge in [-0.05, 0) is 12.5 Å². The van der Waals surface area contributed by atoms with Gasteiger partial charge >= 0.3 is 0 Å². The molecule has 114 valence electrons. The average Bonchev–Trinajstić information content (AvgIpc) is 2.48. The second-order valence-corrected chi connectivity index (χ2v) is 5.40. The fourth-order valence-electron chi connectivity index (χ4n) is 2.51. The second-order valence-electron chi connectivity index (χ2n) is 5.40. The zero-order chi connectivity index (χ0) is 15.1. The van der Waals surface area contributed by atoms with Gasteiger partial charge < -0.3 is 15.5 Å². The van der Waals surface area contributed by atoms with Crippen molar-refractivity contribution >= 4 is 11.8 Å². The Labute approximate surface area is 125 Å². The molecule has 1 saturated heterocycles. The molecule has 1 unspecified atom stereocenters. The van der Waals surface area contributed by atoms with E-state index in [9.17, 15) is 9.59 Å². The van der Waals surface area contributed by atoms with Crippen molar-refractivity contribution in [1.82, 2.24) is 15.5 Å². The number of carbonyl (C=O) groups is 2. The van der Waals surface area contributed by atoms with Crippen molar-refractivity contribution in [2.45, 2.75) is 25.8 Å². The van der Waals surface area contributed by atoms with E-state index in [1.54, 1.807) is 0 Å². The maximum atomic E-state index is 12.1. The van der Waals surface area contributed by atoms with Crippen LogP contribution in [-0.2, 0) is 16.0 Å². The highest BCUT2D eigenvalue weighted by molar-refractivity contribution is 5.80. The van der Waals surface area contributed by atoms with E-state index < -0.39 is 0 Å². The molecule has 0 radical (unpaired) electrons. The van der Waals surface area contributed by atoms with E-state index >= 15 is 0 Å². The minimum absolute atomic E-state index is 0.0395. The van der Waals surface area contributed by atoms with Crippen molar-refractivity contribution in [3.63, 3.8) is 0 Å². The predicted molar refractivity (Wildman–Crippen MR) is 81.8 cm³/mol. The third-order valence-corrected chi connectivity index (χ3v) is 3.69. The van der Waals surface area contributed by atoms with Gasteiger partial charge in [0.25, 0.3) is 0 Å². The molecule has 1 atom stereocenters. The maximum absolute atomic E-state index is 12.1. The third-order valence-electron chi connectivity index (χ3n) is 3.69. The number of hydrogen-bond donors (Lipinski definition) is 2. The number of amides is 2. The Balaban J connectivity index is 1.69. The number of nitrogens with one attached hydrogen (secondary N) is 2. The molecule has 1 aliphatic rings. The fourth-order valence-corrected chi connectivity index (χ4v) is 2.51. The number of benzene rings is 1. The van der Waals surface area contributed by atoms with Gasteiger partial charge in [-0.25, -0.2) is 0 Å². The SMILES string of the molecule is CC1CNCCN1C(=O)CCNC(=O)Cc1ccccc1. The van der Waals surface area contributed by atoms with E-state index in [2.05, 4.69) is 10.6 Å². The largest absolute Gasteiger partial charge is 0.355 e. The highest BCUT2D eigenvalue weighted by Crippen LogP contribution is 2.04. The summed E-state index contributed by atoms with van der Waals surface area (Å²) in [4.78, 5) is 25.8. The smallest absolute Gasteiger partial charge is 0.224 e. The lowest BCUT2D eigenvalue weighted by atomic mass is 10.1. The lowest BCUT2D eigenvalue weighted by Crippen LogP contribution is -2.52. The first kappa shape index (κ1) is 15.5. The van der Waals surface area contributed by atoms with Crippen molar-refractivity contribution in [2.75, 3.05) is 26.2 Å². The minimum atomic E-state index is -0.0395. The van der Waals surface area contributed by atoms with Gasteiger partial charge in [0.2, 0.25) is 11.8 Å². The van der Waals surface area contributed by atoms with Crippen LogP contribution in [0.2, 0.25) is 0 Å². The van der Waals surface area contributed by atoms with E-state index in [0.29, 0.717) is 19.4 Å². The van der Waals surface area contributed by atoms with Gasteiger partial charge in [0, 0.05) is 38.6 Å². The summed E-state index contributed by atoms with van der Waals surface area (Å²) < 4.78 is 0. The Bertz CT molecular complexity index is 476. The normalized spacial score (nSPS) is 18.3. The van der Waals surface area contributed by atoms with Crippen LogP contribution in [0.25, 0.3) is 0 Å². The molecule has 1 aromatic rings. The molecule has 1 aliphatic heterocycles. The first-order valence-electron chi connectivity index (χ1n) is 7.47. The van der Waals surface area contributed by atoms with Gasteiger partial charge in [-0.15, -0.1) is 0 Å². The van der Waals surface area contributed by atoms with Crippen LogP contribution in [0.15, 0.2) is 30.3 Å². The van der Waals surface area contributed by atoms with Crippen molar-refractivity contribution in [1.29, 1.82) is 0 Å². The summed E-state index contributed by atoms with van der Waals surface area (Å²) in [6, 6.07) is 9.83. The molecule has 0 saturated carbocycles. The summed E-state index contributed by atoms with van der Waals surface area (Å²) in [7, 11) is 0. The van der Waals surface area contributed by atoms with E-state index in [1.807, 2.05) is 42.2 Å². The van der Waals surface area contributed by atoms with Crippen LogP contribution in [0.1, 0.15) is 18.9 Å². The Morgan fingerprint density at radius 2 is 2.10 bits per heavy atom. The van der Waals surface area contributed by atoms with Crippen LogP contribution in [0, 0.1) is 0 Å². The second kappa shape index (κ2) is 7.78. The highest BCUT2D eigenvalue weighted by atomic mass is 16.2. The van der Waals surface area contributed by atoms with E-state index in [-0.39, 0.29) is 17.9 Å². The topological polar surface area (TPSA) is 61.4 Å². The number of nitrogens with zero attached hydrogens (tertiary/aromatic N) is 1.